The van der Waals surface area contributed by atoms with Crippen molar-refractivity contribution in [3.63, 3.8) is 0 Å². The first kappa shape index (κ1) is 18.5. The molecule has 0 aliphatic carbocycles. The second-order valence-electron chi connectivity index (χ2n) is 7.28. The molecule has 0 unspecified atom stereocenters. The highest BCUT2D eigenvalue weighted by atomic mass is 16.5. The summed E-state index contributed by atoms with van der Waals surface area (Å²) < 4.78 is 6.75. The Bertz CT molecular complexity index is 954. The Balaban J connectivity index is 1.80. The third-order valence-corrected chi connectivity index (χ3v) is 4.27. The predicted molar refractivity (Wildman–Crippen MR) is 105 cm³/mol. The number of hydrogen-bond donors (Lipinski definition) is 2. The maximum Gasteiger partial charge on any atom is 0.276 e. The zero-order valence-electron chi connectivity index (χ0n) is 15.9. The van der Waals surface area contributed by atoms with Crippen molar-refractivity contribution < 1.29 is 14.6 Å². The van der Waals surface area contributed by atoms with Crippen molar-refractivity contribution in [1.82, 2.24) is 9.78 Å². The highest BCUT2D eigenvalue weighted by molar-refractivity contribution is 6.03. The van der Waals surface area contributed by atoms with Crippen LogP contribution in [0.2, 0.25) is 0 Å². The second kappa shape index (κ2) is 7.15. The summed E-state index contributed by atoms with van der Waals surface area (Å²) in [5.74, 6) is 0.382. The molecule has 6 nitrogen and oxygen atoms in total. The Morgan fingerprint density at radius 1 is 1.11 bits per heavy atom. The Kier molecular flexibility index (Phi) is 4.90. The average molecular weight is 365 g/mol. The molecule has 1 aromatic heterocycles. The largest absolute Gasteiger partial charge is 0.506 e. The van der Waals surface area contributed by atoms with Crippen molar-refractivity contribution in [2.45, 2.75) is 26.2 Å². The first-order chi connectivity index (χ1) is 12.8. The number of methoxy groups -OCH3 is 1. The van der Waals surface area contributed by atoms with Crippen LogP contribution < -0.4 is 10.1 Å². The molecule has 0 saturated carbocycles. The highest BCUT2D eigenvalue weighted by Gasteiger charge is 2.18. The quantitative estimate of drug-likeness (QED) is 0.682. The van der Waals surface area contributed by atoms with Crippen LogP contribution in [0.25, 0.3) is 5.69 Å². The summed E-state index contributed by atoms with van der Waals surface area (Å²) in [7, 11) is 1.61. The summed E-state index contributed by atoms with van der Waals surface area (Å²) in [5.41, 5.74) is 2.35. The van der Waals surface area contributed by atoms with Gasteiger partial charge in [-0.15, -0.1) is 0 Å². The van der Waals surface area contributed by atoms with Gasteiger partial charge in [-0.3, -0.25) is 4.79 Å². The second-order valence-corrected chi connectivity index (χ2v) is 7.28. The zero-order chi connectivity index (χ0) is 19.6. The zero-order valence-corrected chi connectivity index (χ0v) is 15.9. The molecule has 3 aromatic rings. The van der Waals surface area contributed by atoms with E-state index < -0.39 is 0 Å². The van der Waals surface area contributed by atoms with Crippen LogP contribution in [0.1, 0.15) is 36.8 Å². The number of carbonyl (C=O) groups is 1. The number of benzene rings is 2. The first-order valence-electron chi connectivity index (χ1n) is 8.63. The predicted octanol–water partition coefficient (Wildman–Crippen LogP) is 4.14. The van der Waals surface area contributed by atoms with Crippen molar-refractivity contribution in [1.29, 1.82) is 0 Å². The number of rotatable bonds is 4. The third-order valence-electron chi connectivity index (χ3n) is 4.27. The summed E-state index contributed by atoms with van der Waals surface area (Å²) in [6.07, 6.45) is 1.71. The van der Waals surface area contributed by atoms with Crippen LogP contribution in [0.5, 0.6) is 11.5 Å². The maximum absolute atomic E-state index is 12.6. The van der Waals surface area contributed by atoms with Gasteiger partial charge in [-0.2, -0.15) is 5.10 Å². The molecular weight excluding hydrogens is 342 g/mol. The van der Waals surface area contributed by atoms with Crippen LogP contribution in [0.4, 0.5) is 5.69 Å². The number of aromatic hydroxyl groups is 1. The van der Waals surface area contributed by atoms with Gasteiger partial charge >= 0.3 is 0 Å². The van der Waals surface area contributed by atoms with Crippen LogP contribution >= 0.6 is 0 Å². The Morgan fingerprint density at radius 3 is 2.44 bits per heavy atom. The Labute approximate surface area is 158 Å². The van der Waals surface area contributed by atoms with Gasteiger partial charge in [0.2, 0.25) is 0 Å². The smallest absolute Gasteiger partial charge is 0.276 e. The van der Waals surface area contributed by atoms with Gasteiger partial charge in [0.25, 0.3) is 5.91 Å². The molecule has 0 aliphatic heterocycles. The van der Waals surface area contributed by atoms with Crippen LogP contribution in [-0.4, -0.2) is 27.9 Å². The van der Waals surface area contributed by atoms with E-state index in [4.69, 9.17) is 4.74 Å². The van der Waals surface area contributed by atoms with E-state index in [1.54, 1.807) is 36.2 Å². The fourth-order valence-corrected chi connectivity index (χ4v) is 2.61. The maximum atomic E-state index is 12.6. The molecule has 0 fully saturated rings. The van der Waals surface area contributed by atoms with Crippen molar-refractivity contribution in [2.24, 2.45) is 0 Å². The molecule has 6 heteroatoms. The number of nitrogens with one attached hydrogen (secondary N) is 1. The minimum Gasteiger partial charge on any atom is -0.506 e. The number of nitrogens with zero attached hydrogens (tertiary/aromatic N) is 2. The number of amides is 1. The molecule has 27 heavy (non-hydrogen) atoms. The summed E-state index contributed by atoms with van der Waals surface area (Å²) in [4.78, 5) is 12.6. The molecule has 1 amide bonds. The van der Waals surface area contributed by atoms with E-state index in [2.05, 4.69) is 31.2 Å². The molecule has 0 radical (unpaired) electrons. The molecule has 0 aliphatic rings. The average Bonchev–Trinajstić information content (AvgIpc) is 3.13. The van der Waals surface area contributed by atoms with Gasteiger partial charge in [-0.1, -0.05) is 26.8 Å². The summed E-state index contributed by atoms with van der Waals surface area (Å²) in [6.45, 7) is 6.21. The molecule has 1 heterocycles. The minimum atomic E-state index is -0.386. The standard InChI is InChI=1S/C21H23N3O3/c1-21(2,3)14-5-10-19(25)18(13-14)22-20(26)17-11-12-24(23-17)15-6-8-16(27-4)9-7-15/h5-13,25H,1-4H3,(H,22,26). The first-order valence-corrected chi connectivity index (χ1v) is 8.63. The monoisotopic (exact) mass is 365 g/mol. The van der Waals surface area contributed by atoms with Gasteiger partial charge in [0.05, 0.1) is 18.5 Å². The lowest BCUT2D eigenvalue weighted by atomic mass is 9.87. The summed E-state index contributed by atoms with van der Waals surface area (Å²) in [5, 5.41) is 17.1. The lowest BCUT2D eigenvalue weighted by Gasteiger charge is -2.20. The van der Waals surface area contributed by atoms with Crippen molar-refractivity contribution in [3.05, 3.63) is 66.0 Å². The van der Waals surface area contributed by atoms with Crippen molar-refractivity contribution >= 4 is 11.6 Å². The Morgan fingerprint density at radius 2 is 1.81 bits per heavy atom. The molecule has 2 aromatic carbocycles. The normalized spacial score (nSPS) is 11.3. The molecular formula is C21H23N3O3. The van der Waals surface area contributed by atoms with Crippen molar-refractivity contribution in [3.8, 4) is 17.2 Å². The minimum absolute atomic E-state index is 0.0194. The summed E-state index contributed by atoms with van der Waals surface area (Å²) >= 11 is 0. The fraction of sp³-hybridized carbons (Fsp3) is 0.238. The van der Waals surface area contributed by atoms with Gasteiger partial charge in [0.15, 0.2) is 5.69 Å². The number of phenolic OH excluding ortho intramolecular Hbond substituents is 1. The molecule has 3 rings (SSSR count). The van der Waals surface area contributed by atoms with E-state index in [1.165, 1.54) is 0 Å². The summed E-state index contributed by atoms with van der Waals surface area (Å²) in [6, 6.07) is 14.2. The Hall–Kier alpha value is -3.28. The molecule has 0 saturated heterocycles. The number of phenols is 1. The highest BCUT2D eigenvalue weighted by Crippen LogP contribution is 2.31. The van der Waals surface area contributed by atoms with Crippen LogP contribution in [0, 0.1) is 0 Å². The molecule has 0 bridgehead atoms. The molecule has 2 N–H and O–H groups in total. The van der Waals surface area contributed by atoms with E-state index in [0.717, 1.165) is 17.0 Å². The van der Waals surface area contributed by atoms with Gasteiger partial charge in [0, 0.05) is 6.20 Å². The van der Waals surface area contributed by atoms with Gasteiger partial charge in [-0.25, -0.2) is 4.68 Å². The number of carbonyl (C=O) groups excluding carboxylic acids is 1. The molecule has 0 atom stereocenters. The van der Waals surface area contributed by atoms with E-state index in [-0.39, 0.29) is 22.8 Å². The SMILES string of the molecule is COc1ccc(-n2ccc(C(=O)Nc3cc(C(C)(C)C)ccc3O)n2)cc1. The molecule has 0 spiro atoms. The number of ether oxygens (including phenoxy) is 1. The van der Waals surface area contributed by atoms with Gasteiger partial charge < -0.3 is 15.2 Å². The van der Waals surface area contributed by atoms with E-state index in [0.29, 0.717) is 5.69 Å². The van der Waals surface area contributed by atoms with Crippen LogP contribution in [0.15, 0.2) is 54.7 Å². The van der Waals surface area contributed by atoms with Gasteiger partial charge in [0.1, 0.15) is 11.5 Å². The number of aromatic nitrogens is 2. The van der Waals surface area contributed by atoms with E-state index >= 15 is 0 Å². The number of hydrogen-bond acceptors (Lipinski definition) is 4. The number of anilines is 1. The van der Waals surface area contributed by atoms with Crippen molar-refractivity contribution in [2.75, 3.05) is 12.4 Å². The van der Waals surface area contributed by atoms with Crippen LogP contribution in [0.3, 0.4) is 0 Å². The lowest BCUT2D eigenvalue weighted by molar-refractivity contribution is 0.102. The topological polar surface area (TPSA) is 76.4 Å². The third kappa shape index (κ3) is 4.11. The van der Waals surface area contributed by atoms with E-state index in [1.807, 2.05) is 30.3 Å². The van der Waals surface area contributed by atoms with Gasteiger partial charge in [-0.05, 0) is 53.4 Å². The molecule has 140 valence electrons. The van der Waals surface area contributed by atoms with E-state index in [9.17, 15) is 9.90 Å². The lowest BCUT2D eigenvalue weighted by Crippen LogP contribution is -2.15. The van der Waals surface area contributed by atoms with Crippen LogP contribution in [-0.2, 0) is 5.41 Å². The fourth-order valence-electron chi connectivity index (χ4n) is 2.61.